The van der Waals surface area contributed by atoms with Gasteiger partial charge in [-0.2, -0.15) is 23.7 Å². The lowest BCUT2D eigenvalue weighted by Gasteiger charge is -2.20. The molecule has 4 heterocycles. The molecule has 6 nitrogen and oxygen atoms in total. The predicted octanol–water partition coefficient (Wildman–Crippen LogP) is 15.8. The van der Waals surface area contributed by atoms with Crippen LogP contribution in [-0.2, 0) is 6.18 Å². The molecule has 0 spiro atoms. The van der Waals surface area contributed by atoms with Crippen molar-refractivity contribution in [1.29, 1.82) is 10.5 Å². The molecule has 0 aliphatic rings. The van der Waals surface area contributed by atoms with Crippen LogP contribution in [0.5, 0.6) is 0 Å². The van der Waals surface area contributed by atoms with E-state index in [1.54, 1.807) is 12.1 Å². The maximum absolute atomic E-state index is 14.8. The van der Waals surface area contributed by atoms with E-state index in [1.165, 1.54) is 6.07 Å². The number of hydrogen-bond acceptors (Lipinski definition) is 4. The van der Waals surface area contributed by atoms with Gasteiger partial charge in [-0.25, -0.2) is 9.97 Å². The molecule has 0 amide bonds. The number of pyridine rings is 2. The van der Waals surface area contributed by atoms with E-state index in [1.807, 2.05) is 185 Å². The standard InChI is InChI=1S/C61H35F3N6/c62-61(63,64)45-30-38(36-65)29-43(31-45)48-35-59(69-55-23-9-7-17-46(55)49-32-41(25-27-57(49)69)53-21-11-19-51(67-53)39-13-3-1-4-14-39)44(37-66)34-60(48)70-56-24-10-8-18-47(56)50-33-42(26-28-58(50)70)54-22-12-20-52(68-54)40-15-5-2-6-16-40/h1-35H. The van der Waals surface area contributed by atoms with Crippen molar-refractivity contribution in [3.8, 4) is 79.7 Å². The second-order valence-electron chi connectivity index (χ2n) is 17.1. The minimum atomic E-state index is -4.74. The van der Waals surface area contributed by atoms with Crippen molar-refractivity contribution >= 4 is 43.6 Å². The number of hydrogen-bond donors (Lipinski definition) is 0. The number of para-hydroxylation sites is 2. The summed E-state index contributed by atoms with van der Waals surface area (Å²) in [5, 5.41) is 25.0. The van der Waals surface area contributed by atoms with Gasteiger partial charge in [0.25, 0.3) is 0 Å². The molecule has 0 radical (unpaired) electrons. The van der Waals surface area contributed by atoms with Crippen molar-refractivity contribution in [2.24, 2.45) is 0 Å². The molecule has 0 saturated carbocycles. The summed E-state index contributed by atoms with van der Waals surface area (Å²) >= 11 is 0. The lowest BCUT2D eigenvalue weighted by atomic mass is 9.95. The normalized spacial score (nSPS) is 11.6. The average molecular weight is 909 g/mol. The van der Waals surface area contributed by atoms with E-state index in [4.69, 9.17) is 9.97 Å². The van der Waals surface area contributed by atoms with Crippen molar-refractivity contribution in [1.82, 2.24) is 19.1 Å². The van der Waals surface area contributed by atoms with Crippen LogP contribution < -0.4 is 0 Å². The fourth-order valence-corrected chi connectivity index (χ4v) is 9.79. The summed E-state index contributed by atoms with van der Waals surface area (Å²) < 4.78 is 48.3. The molecule has 70 heavy (non-hydrogen) atoms. The molecule has 0 saturated heterocycles. The number of halogens is 3. The van der Waals surface area contributed by atoms with E-state index in [2.05, 4.69) is 18.2 Å². The highest BCUT2D eigenvalue weighted by Gasteiger charge is 2.32. The van der Waals surface area contributed by atoms with Crippen molar-refractivity contribution in [3.05, 3.63) is 229 Å². The van der Waals surface area contributed by atoms with E-state index in [-0.39, 0.29) is 11.1 Å². The zero-order valence-corrected chi connectivity index (χ0v) is 37.0. The average Bonchev–Trinajstić information content (AvgIpc) is 3.92. The summed E-state index contributed by atoms with van der Waals surface area (Å²) in [6, 6.07) is 71.2. The van der Waals surface area contributed by atoms with E-state index in [0.29, 0.717) is 22.5 Å². The van der Waals surface area contributed by atoms with Crippen LogP contribution in [0.15, 0.2) is 212 Å². The second kappa shape index (κ2) is 16.6. The molecule has 12 aromatic rings. The molecule has 9 heteroatoms. The summed E-state index contributed by atoms with van der Waals surface area (Å²) in [6.45, 7) is 0. The molecule has 0 bridgehead atoms. The van der Waals surface area contributed by atoms with Crippen molar-refractivity contribution in [3.63, 3.8) is 0 Å². The molecule has 330 valence electrons. The fraction of sp³-hybridized carbons (Fsp3) is 0.0164. The number of nitriles is 2. The van der Waals surface area contributed by atoms with Gasteiger partial charge in [0, 0.05) is 49.4 Å². The van der Waals surface area contributed by atoms with Gasteiger partial charge in [0.1, 0.15) is 6.07 Å². The van der Waals surface area contributed by atoms with Gasteiger partial charge < -0.3 is 9.13 Å². The number of aromatic nitrogens is 4. The Kier molecular flexibility index (Phi) is 9.94. The van der Waals surface area contributed by atoms with Crippen LogP contribution in [0.25, 0.3) is 111 Å². The van der Waals surface area contributed by atoms with Crippen LogP contribution in [0.2, 0.25) is 0 Å². The summed E-state index contributed by atoms with van der Waals surface area (Å²) in [5.74, 6) is 0. The van der Waals surface area contributed by atoms with Crippen LogP contribution in [-0.4, -0.2) is 19.1 Å². The number of rotatable bonds is 7. The first kappa shape index (κ1) is 41.8. The molecule has 8 aromatic carbocycles. The maximum atomic E-state index is 14.8. The van der Waals surface area contributed by atoms with Crippen LogP contribution in [0.4, 0.5) is 13.2 Å². The van der Waals surface area contributed by atoms with Gasteiger partial charge in [0.15, 0.2) is 0 Å². The molecule has 4 aromatic heterocycles. The van der Waals surface area contributed by atoms with Crippen molar-refractivity contribution < 1.29 is 13.2 Å². The lowest BCUT2D eigenvalue weighted by Crippen LogP contribution is -2.07. The minimum absolute atomic E-state index is 0.145. The third kappa shape index (κ3) is 7.13. The van der Waals surface area contributed by atoms with E-state index in [9.17, 15) is 23.7 Å². The molecule has 0 fully saturated rings. The Labute approximate surface area is 399 Å². The summed E-state index contributed by atoms with van der Waals surface area (Å²) in [4.78, 5) is 10.1. The number of benzene rings is 8. The summed E-state index contributed by atoms with van der Waals surface area (Å²) in [5.41, 5.74) is 10.8. The van der Waals surface area contributed by atoms with Gasteiger partial charge in [-0.3, -0.25) is 0 Å². The van der Waals surface area contributed by atoms with Crippen LogP contribution in [0, 0.1) is 22.7 Å². The van der Waals surface area contributed by atoms with Crippen LogP contribution in [0.3, 0.4) is 0 Å². The largest absolute Gasteiger partial charge is 0.416 e. The predicted molar refractivity (Wildman–Crippen MR) is 272 cm³/mol. The molecule has 0 N–H and O–H groups in total. The van der Waals surface area contributed by atoms with Gasteiger partial charge >= 0.3 is 6.18 Å². The first-order chi connectivity index (χ1) is 34.2. The third-order valence-electron chi connectivity index (χ3n) is 13.0. The Hall–Kier alpha value is -9.57. The van der Waals surface area contributed by atoms with Crippen molar-refractivity contribution in [2.75, 3.05) is 0 Å². The summed E-state index contributed by atoms with van der Waals surface area (Å²) in [6.07, 6.45) is -4.74. The van der Waals surface area contributed by atoms with Gasteiger partial charge in [0.2, 0.25) is 0 Å². The fourth-order valence-electron chi connectivity index (χ4n) is 9.79. The Balaban J connectivity index is 1.10. The molecule has 0 atom stereocenters. The van der Waals surface area contributed by atoms with Crippen LogP contribution in [0.1, 0.15) is 16.7 Å². The van der Waals surface area contributed by atoms with Gasteiger partial charge in [-0.05, 0) is 96.6 Å². The van der Waals surface area contributed by atoms with Gasteiger partial charge in [-0.1, -0.05) is 121 Å². The highest BCUT2D eigenvalue weighted by Crippen LogP contribution is 2.43. The van der Waals surface area contributed by atoms with E-state index >= 15 is 0 Å². The second-order valence-corrected chi connectivity index (χ2v) is 17.1. The Morgan fingerprint density at radius 2 is 0.843 bits per heavy atom. The number of nitrogens with zero attached hydrogens (tertiary/aromatic N) is 6. The summed E-state index contributed by atoms with van der Waals surface area (Å²) in [7, 11) is 0. The Morgan fingerprint density at radius 1 is 0.371 bits per heavy atom. The zero-order chi connectivity index (χ0) is 47.5. The van der Waals surface area contributed by atoms with Gasteiger partial charge in [-0.15, -0.1) is 0 Å². The lowest BCUT2D eigenvalue weighted by molar-refractivity contribution is -0.137. The first-order valence-electron chi connectivity index (χ1n) is 22.6. The zero-order valence-electron chi connectivity index (χ0n) is 37.0. The topological polar surface area (TPSA) is 83.2 Å². The quantitative estimate of drug-likeness (QED) is 0.159. The molecule has 0 aliphatic carbocycles. The smallest absolute Gasteiger partial charge is 0.309 e. The van der Waals surface area contributed by atoms with Crippen LogP contribution >= 0.6 is 0 Å². The Bertz CT molecular complexity index is 4140. The van der Waals surface area contributed by atoms with Crippen molar-refractivity contribution in [2.45, 2.75) is 6.18 Å². The monoisotopic (exact) mass is 908 g/mol. The Morgan fingerprint density at radius 3 is 1.34 bits per heavy atom. The van der Waals surface area contributed by atoms with Gasteiger partial charge in [0.05, 0.1) is 79.0 Å². The highest BCUT2D eigenvalue weighted by atomic mass is 19.4. The molecular formula is C61H35F3N6. The molecule has 12 rings (SSSR count). The maximum Gasteiger partial charge on any atom is 0.416 e. The molecule has 0 unspecified atom stereocenters. The number of alkyl halides is 3. The van der Waals surface area contributed by atoms with E-state index < -0.39 is 11.7 Å². The highest BCUT2D eigenvalue weighted by molar-refractivity contribution is 6.12. The van der Waals surface area contributed by atoms with E-state index in [0.717, 1.165) is 101 Å². The minimum Gasteiger partial charge on any atom is -0.309 e. The number of fused-ring (bicyclic) bond motifs is 6. The molecule has 0 aliphatic heterocycles. The SMILES string of the molecule is N#Cc1cc(-c2cc(-n3c4ccccc4c4cc(-c5cccc(-c6ccccc6)n5)ccc43)c(C#N)cc2-n2c3ccccc3c3cc(-c4cccc(-c5ccccc5)n4)ccc32)cc(C(F)(F)F)c1. The third-order valence-corrected chi connectivity index (χ3v) is 13.0. The molecular weight excluding hydrogens is 874 g/mol. The first-order valence-corrected chi connectivity index (χ1v) is 22.6.